The molecule has 0 unspecified atom stereocenters. The van der Waals surface area contributed by atoms with Gasteiger partial charge < -0.3 is 14.7 Å². The number of hydrogen-bond acceptors (Lipinski definition) is 5. The number of carbonyl (C=O) groups is 1. The molecule has 0 saturated heterocycles. The molecular formula is C22H34N4OS. The number of amides is 1. The van der Waals surface area contributed by atoms with E-state index in [0.717, 1.165) is 41.7 Å². The first kappa shape index (κ1) is 22.2. The van der Waals surface area contributed by atoms with Gasteiger partial charge in [-0.25, -0.2) is 4.98 Å². The molecule has 6 heteroatoms. The Morgan fingerprint density at radius 3 is 2.11 bits per heavy atom. The van der Waals surface area contributed by atoms with Gasteiger partial charge in [0.15, 0.2) is 5.13 Å². The summed E-state index contributed by atoms with van der Waals surface area (Å²) in [5.41, 5.74) is 2.54. The van der Waals surface area contributed by atoms with E-state index in [-0.39, 0.29) is 5.91 Å². The van der Waals surface area contributed by atoms with E-state index in [2.05, 4.69) is 48.1 Å². The maximum atomic E-state index is 13.4. The first-order chi connectivity index (χ1) is 13.2. The van der Waals surface area contributed by atoms with Gasteiger partial charge in [-0.05, 0) is 44.5 Å². The van der Waals surface area contributed by atoms with Crippen molar-refractivity contribution in [1.82, 2.24) is 4.98 Å². The summed E-state index contributed by atoms with van der Waals surface area (Å²) in [7, 11) is 4.03. The van der Waals surface area contributed by atoms with E-state index in [1.165, 1.54) is 0 Å². The zero-order valence-electron chi connectivity index (χ0n) is 18.3. The average molecular weight is 403 g/mol. The predicted molar refractivity (Wildman–Crippen MR) is 122 cm³/mol. The van der Waals surface area contributed by atoms with Crippen molar-refractivity contribution in [2.45, 2.75) is 47.6 Å². The van der Waals surface area contributed by atoms with Crippen molar-refractivity contribution in [3.63, 3.8) is 0 Å². The van der Waals surface area contributed by atoms with Crippen molar-refractivity contribution in [2.24, 2.45) is 5.41 Å². The van der Waals surface area contributed by atoms with Gasteiger partial charge in [0.2, 0.25) is 5.91 Å². The van der Waals surface area contributed by atoms with Gasteiger partial charge in [0.25, 0.3) is 0 Å². The van der Waals surface area contributed by atoms with Crippen LogP contribution in [0, 0.1) is 5.41 Å². The van der Waals surface area contributed by atoms with Crippen LogP contribution in [-0.4, -0.2) is 38.1 Å². The van der Waals surface area contributed by atoms with E-state index < -0.39 is 5.41 Å². The third-order valence-corrected chi connectivity index (χ3v) is 6.23. The molecule has 1 amide bonds. The minimum atomic E-state index is -0.419. The van der Waals surface area contributed by atoms with E-state index in [4.69, 9.17) is 4.98 Å². The monoisotopic (exact) mass is 402 g/mol. The van der Waals surface area contributed by atoms with Crippen LogP contribution in [0.25, 0.3) is 0 Å². The number of aromatic nitrogens is 1. The summed E-state index contributed by atoms with van der Waals surface area (Å²) >= 11 is 1.65. The van der Waals surface area contributed by atoms with Gasteiger partial charge in [0.1, 0.15) is 0 Å². The van der Waals surface area contributed by atoms with Gasteiger partial charge in [-0.15, -0.1) is 11.3 Å². The summed E-state index contributed by atoms with van der Waals surface area (Å²) in [4.78, 5) is 24.3. The number of anilines is 3. The molecule has 1 aromatic carbocycles. The summed E-state index contributed by atoms with van der Waals surface area (Å²) in [6, 6.07) is 8.15. The highest BCUT2D eigenvalue weighted by molar-refractivity contribution is 7.13. The van der Waals surface area contributed by atoms with Crippen molar-refractivity contribution in [1.29, 1.82) is 0 Å². The van der Waals surface area contributed by atoms with E-state index >= 15 is 0 Å². The number of thiazole rings is 1. The van der Waals surface area contributed by atoms with Crippen LogP contribution >= 0.6 is 11.3 Å². The third kappa shape index (κ3) is 5.04. The van der Waals surface area contributed by atoms with Gasteiger partial charge in [0.05, 0.1) is 12.2 Å². The highest BCUT2D eigenvalue weighted by atomic mass is 32.1. The highest BCUT2D eigenvalue weighted by Gasteiger charge is 2.31. The minimum Gasteiger partial charge on any atom is -0.378 e. The largest absolute Gasteiger partial charge is 0.378 e. The van der Waals surface area contributed by atoms with Gasteiger partial charge in [-0.1, -0.05) is 20.8 Å². The molecule has 154 valence electrons. The van der Waals surface area contributed by atoms with Crippen LogP contribution in [0.3, 0.4) is 0 Å². The Bertz CT molecular complexity index is 763. The Kier molecular flexibility index (Phi) is 7.47. The quantitative estimate of drug-likeness (QED) is 0.590. The normalized spacial score (nSPS) is 11.4. The van der Waals surface area contributed by atoms with Crippen molar-refractivity contribution < 1.29 is 4.79 Å². The Balaban J connectivity index is 2.35. The molecule has 0 radical (unpaired) electrons. The van der Waals surface area contributed by atoms with Crippen LogP contribution in [0.2, 0.25) is 0 Å². The Morgan fingerprint density at radius 2 is 1.61 bits per heavy atom. The molecule has 1 heterocycles. The second kappa shape index (κ2) is 9.41. The molecule has 2 rings (SSSR count). The minimum absolute atomic E-state index is 0.130. The number of nitrogens with zero attached hydrogens (tertiary/aromatic N) is 4. The van der Waals surface area contributed by atoms with Crippen LogP contribution in [-0.2, 0) is 11.3 Å². The number of carbonyl (C=O) groups excluding carboxylic acids is 1. The van der Waals surface area contributed by atoms with E-state index in [9.17, 15) is 4.79 Å². The van der Waals surface area contributed by atoms with Gasteiger partial charge >= 0.3 is 0 Å². The van der Waals surface area contributed by atoms with E-state index in [1.807, 2.05) is 45.0 Å². The SMILES string of the molecule is CCN(CC)c1nc(CN(C(=O)C(C)(C)CC)c2ccc(N(C)C)cc2)cs1. The van der Waals surface area contributed by atoms with E-state index in [0.29, 0.717) is 6.54 Å². The smallest absolute Gasteiger partial charge is 0.232 e. The Hall–Kier alpha value is -2.08. The lowest BCUT2D eigenvalue weighted by Crippen LogP contribution is -2.40. The van der Waals surface area contributed by atoms with Crippen LogP contribution in [0.5, 0.6) is 0 Å². The van der Waals surface area contributed by atoms with Crippen molar-refractivity contribution in [2.75, 3.05) is 41.9 Å². The fourth-order valence-electron chi connectivity index (χ4n) is 2.90. The van der Waals surface area contributed by atoms with Crippen LogP contribution < -0.4 is 14.7 Å². The Morgan fingerprint density at radius 1 is 1.04 bits per heavy atom. The summed E-state index contributed by atoms with van der Waals surface area (Å²) in [6.07, 6.45) is 0.792. The highest BCUT2D eigenvalue weighted by Crippen LogP contribution is 2.30. The van der Waals surface area contributed by atoms with Crippen molar-refractivity contribution in [3.8, 4) is 0 Å². The zero-order chi connectivity index (χ0) is 20.9. The molecular weight excluding hydrogens is 368 g/mol. The molecule has 0 aliphatic heterocycles. The topological polar surface area (TPSA) is 39.7 Å². The second-order valence-corrected chi connectivity index (χ2v) is 8.67. The first-order valence-corrected chi connectivity index (χ1v) is 10.9. The lowest BCUT2D eigenvalue weighted by atomic mass is 9.88. The number of hydrogen-bond donors (Lipinski definition) is 0. The van der Waals surface area contributed by atoms with E-state index in [1.54, 1.807) is 11.3 Å². The molecule has 1 aromatic heterocycles. The molecule has 0 N–H and O–H groups in total. The fraction of sp³-hybridized carbons (Fsp3) is 0.545. The zero-order valence-corrected chi connectivity index (χ0v) is 19.1. The maximum Gasteiger partial charge on any atom is 0.232 e. The molecule has 0 atom stereocenters. The predicted octanol–water partition coefficient (Wildman–Crippen LogP) is 5.02. The van der Waals surface area contributed by atoms with Gasteiger partial charge in [-0.2, -0.15) is 0 Å². The summed E-state index contributed by atoms with van der Waals surface area (Å²) < 4.78 is 0. The van der Waals surface area contributed by atoms with Crippen molar-refractivity contribution in [3.05, 3.63) is 35.3 Å². The summed E-state index contributed by atoms with van der Waals surface area (Å²) in [6.45, 7) is 12.7. The molecule has 0 bridgehead atoms. The molecule has 28 heavy (non-hydrogen) atoms. The molecule has 2 aromatic rings. The van der Waals surface area contributed by atoms with Gasteiger partial charge in [-0.3, -0.25) is 4.79 Å². The lowest BCUT2D eigenvalue weighted by molar-refractivity contribution is -0.126. The third-order valence-electron chi connectivity index (χ3n) is 5.28. The summed E-state index contributed by atoms with van der Waals surface area (Å²) in [5.74, 6) is 0.130. The molecule has 0 fully saturated rings. The standard InChI is InChI=1S/C22H34N4OS/c1-8-22(4,5)20(27)26(19-13-11-18(12-14-19)24(6)7)15-17-16-28-21(23-17)25(9-2)10-3/h11-14,16H,8-10,15H2,1-7H3. The molecule has 0 spiro atoms. The summed E-state index contributed by atoms with van der Waals surface area (Å²) in [5, 5.41) is 3.09. The average Bonchev–Trinajstić information content (AvgIpc) is 3.15. The molecule has 0 saturated carbocycles. The van der Waals surface area contributed by atoms with Gasteiger partial charge in [0, 0.05) is 49.4 Å². The first-order valence-electron chi connectivity index (χ1n) is 10.0. The number of rotatable bonds is 9. The molecule has 0 aliphatic carbocycles. The molecule has 5 nitrogen and oxygen atoms in total. The molecule has 0 aliphatic rings. The number of benzene rings is 1. The fourth-order valence-corrected chi connectivity index (χ4v) is 3.84. The lowest BCUT2D eigenvalue weighted by Gasteiger charge is -2.31. The maximum absolute atomic E-state index is 13.4. The Labute approximate surface area is 174 Å². The second-order valence-electron chi connectivity index (χ2n) is 7.83. The van der Waals surface area contributed by atoms with Crippen LogP contribution in [0.15, 0.2) is 29.6 Å². The van der Waals surface area contributed by atoms with Crippen LogP contribution in [0.1, 0.15) is 46.7 Å². The van der Waals surface area contributed by atoms with Crippen molar-refractivity contribution >= 4 is 33.8 Å². The van der Waals surface area contributed by atoms with Crippen LogP contribution in [0.4, 0.5) is 16.5 Å².